The Kier molecular flexibility index (Phi) is 6.05. The molecular formula is C14H20O3S. The fraction of sp³-hybridized carbons (Fsp3) is 0.500. The van der Waals surface area contributed by atoms with Gasteiger partial charge in [0.1, 0.15) is 11.5 Å². The largest absolute Gasteiger partial charge is 0.497 e. The van der Waals surface area contributed by atoms with Crippen molar-refractivity contribution in [3.05, 3.63) is 23.8 Å². The van der Waals surface area contributed by atoms with Crippen molar-refractivity contribution in [2.45, 2.75) is 25.5 Å². The van der Waals surface area contributed by atoms with Gasteiger partial charge in [-0.25, -0.2) is 0 Å². The van der Waals surface area contributed by atoms with E-state index >= 15 is 0 Å². The average Bonchev–Trinajstić information content (AvgIpc) is 2.43. The van der Waals surface area contributed by atoms with E-state index in [9.17, 15) is 4.79 Å². The molecule has 0 N–H and O–H groups in total. The molecule has 0 aromatic heterocycles. The summed E-state index contributed by atoms with van der Waals surface area (Å²) in [7, 11) is 3.16. The molecule has 18 heavy (non-hydrogen) atoms. The molecule has 0 saturated heterocycles. The molecule has 1 rings (SSSR count). The molecule has 0 saturated carbocycles. The van der Waals surface area contributed by atoms with Gasteiger partial charge < -0.3 is 9.47 Å². The summed E-state index contributed by atoms with van der Waals surface area (Å²) in [6, 6.07) is 5.27. The molecule has 0 bridgehead atoms. The first kappa shape index (κ1) is 14.9. The molecule has 0 spiro atoms. The first-order valence-electron chi connectivity index (χ1n) is 5.98. The number of thioether (sulfide) groups is 1. The smallest absolute Gasteiger partial charge is 0.173 e. The predicted octanol–water partition coefficient (Wildman–Crippen LogP) is 3.42. The number of rotatable bonds is 7. The van der Waals surface area contributed by atoms with E-state index in [1.54, 1.807) is 44.2 Å². The number of ether oxygens (including phenoxy) is 2. The van der Waals surface area contributed by atoms with Crippen LogP contribution >= 0.6 is 11.8 Å². The van der Waals surface area contributed by atoms with Crippen molar-refractivity contribution in [1.29, 1.82) is 0 Å². The molecule has 0 aliphatic rings. The fourth-order valence-electron chi connectivity index (χ4n) is 1.39. The lowest BCUT2D eigenvalue weighted by atomic mass is 10.1. The van der Waals surface area contributed by atoms with Crippen LogP contribution in [-0.2, 0) is 0 Å². The number of hydrogen-bond donors (Lipinski definition) is 0. The molecule has 0 aliphatic carbocycles. The molecule has 3 nitrogen and oxygen atoms in total. The Hall–Kier alpha value is -1.16. The van der Waals surface area contributed by atoms with Crippen LogP contribution in [0.4, 0.5) is 0 Å². The van der Waals surface area contributed by atoms with E-state index in [0.717, 1.165) is 6.42 Å². The Bertz CT molecular complexity index is 382. The van der Waals surface area contributed by atoms with Crippen LogP contribution < -0.4 is 9.47 Å². The minimum absolute atomic E-state index is 0.109. The summed E-state index contributed by atoms with van der Waals surface area (Å²) < 4.78 is 10.3. The van der Waals surface area contributed by atoms with Crippen molar-refractivity contribution in [3.63, 3.8) is 0 Å². The summed E-state index contributed by atoms with van der Waals surface area (Å²) in [5, 5.41) is 0.501. The average molecular weight is 268 g/mol. The van der Waals surface area contributed by atoms with Crippen molar-refractivity contribution in [2.75, 3.05) is 20.0 Å². The maximum Gasteiger partial charge on any atom is 0.173 e. The van der Waals surface area contributed by atoms with Gasteiger partial charge in [-0.05, 0) is 18.6 Å². The van der Waals surface area contributed by atoms with E-state index in [1.807, 2.05) is 0 Å². The second kappa shape index (κ2) is 7.31. The molecule has 1 aromatic carbocycles. The summed E-state index contributed by atoms with van der Waals surface area (Å²) >= 11 is 1.68. The first-order valence-corrected chi connectivity index (χ1v) is 7.03. The Balaban J connectivity index is 2.78. The van der Waals surface area contributed by atoms with Crippen molar-refractivity contribution in [1.82, 2.24) is 0 Å². The molecular weight excluding hydrogens is 248 g/mol. The van der Waals surface area contributed by atoms with E-state index in [1.165, 1.54) is 0 Å². The van der Waals surface area contributed by atoms with Gasteiger partial charge >= 0.3 is 0 Å². The summed E-state index contributed by atoms with van der Waals surface area (Å²) in [5.41, 5.74) is 0.641. The van der Waals surface area contributed by atoms with E-state index < -0.39 is 0 Å². The number of carbonyl (C=O) groups excluding carboxylic acids is 1. The number of ketones is 1. The standard InChI is InChI=1S/C14H20O3S/c1-5-10(2)18-9-14(15)11-6-12(16-3)8-13(7-11)17-4/h6-8,10H,5,9H2,1-4H3. The quantitative estimate of drug-likeness (QED) is 0.710. The third-order valence-electron chi connectivity index (χ3n) is 2.75. The van der Waals surface area contributed by atoms with Crippen molar-refractivity contribution >= 4 is 17.5 Å². The fourth-order valence-corrected chi connectivity index (χ4v) is 2.23. The highest BCUT2D eigenvalue weighted by Gasteiger charge is 2.11. The Morgan fingerprint density at radius 3 is 2.22 bits per heavy atom. The zero-order chi connectivity index (χ0) is 13.5. The molecule has 0 heterocycles. The SMILES string of the molecule is CCC(C)SCC(=O)c1cc(OC)cc(OC)c1. The van der Waals surface area contributed by atoms with E-state index in [0.29, 0.717) is 28.1 Å². The molecule has 4 heteroatoms. The monoisotopic (exact) mass is 268 g/mol. The van der Waals surface area contributed by atoms with Gasteiger partial charge in [0, 0.05) is 16.9 Å². The van der Waals surface area contributed by atoms with Gasteiger partial charge in [-0.2, -0.15) is 11.8 Å². The number of carbonyl (C=O) groups is 1. The summed E-state index contributed by atoms with van der Waals surface area (Å²) in [6.45, 7) is 4.25. The van der Waals surface area contributed by atoms with Crippen molar-refractivity contribution < 1.29 is 14.3 Å². The summed E-state index contributed by atoms with van der Waals surface area (Å²) in [6.07, 6.45) is 1.07. The van der Waals surface area contributed by atoms with Crippen molar-refractivity contribution in [2.24, 2.45) is 0 Å². The number of Topliss-reactive ketones (excluding diaryl/α,β-unsaturated/α-hetero) is 1. The van der Waals surface area contributed by atoms with Crippen LogP contribution in [0, 0.1) is 0 Å². The van der Waals surface area contributed by atoms with E-state index in [2.05, 4.69) is 13.8 Å². The van der Waals surface area contributed by atoms with Gasteiger partial charge in [-0.3, -0.25) is 4.79 Å². The zero-order valence-corrected chi connectivity index (χ0v) is 12.2. The Labute approximate surface area is 113 Å². The highest BCUT2D eigenvalue weighted by Crippen LogP contribution is 2.24. The van der Waals surface area contributed by atoms with Crippen LogP contribution in [0.1, 0.15) is 30.6 Å². The van der Waals surface area contributed by atoms with Gasteiger partial charge in [0.2, 0.25) is 0 Å². The van der Waals surface area contributed by atoms with Crippen LogP contribution in [0.15, 0.2) is 18.2 Å². The molecule has 0 amide bonds. The van der Waals surface area contributed by atoms with Gasteiger partial charge in [0.05, 0.1) is 20.0 Å². The summed E-state index contributed by atoms with van der Waals surface area (Å²) in [4.78, 5) is 12.1. The van der Waals surface area contributed by atoms with Gasteiger partial charge in [0.15, 0.2) is 5.78 Å². The number of hydrogen-bond acceptors (Lipinski definition) is 4. The molecule has 0 radical (unpaired) electrons. The number of methoxy groups -OCH3 is 2. The van der Waals surface area contributed by atoms with Gasteiger partial charge in [-0.1, -0.05) is 13.8 Å². The maximum absolute atomic E-state index is 12.1. The first-order chi connectivity index (χ1) is 8.60. The van der Waals surface area contributed by atoms with Crippen LogP contribution in [0.3, 0.4) is 0 Å². The molecule has 0 aliphatic heterocycles. The van der Waals surface area contributed by atoms with Gasteiger partial charge in [0.25, 0.3) is 0 Å². The van der Waals surface area contributed by atoms with Crippen molar-refractivity contribution in [3.8, 4) is 11.5 Å². The molecule has 1 aromatic rings. The lowest BCUT2D eigenvalue weighted by molar-refractivity contribution is 0.102. The predicted molar refractivity (Wildman–Crippen MR) is 76.1 cm³/mol. The molecule has 1 atom stereocenters. The second-order valence-electron chi connectivity index (χ2n) is 4.05. The highest BCUT2D eigenvalue weighted by molar-refractivity contribution is 8.00. The maximum atomic E-state index is 12.1. The molecule has 0 fully saturated rings. The highest BCUT2D eigenvalue weighted by atomic mass is 32.2. The summed E-state index contributed by atoms with van der Waals surface area (Å²) in [5.74, 6) is 1.89. The lowest BCUT2D eigenvalue weighted by Gasteiger charge is -2.09. The zero-order valence-electron chi connectivity index (χ0n) is 11.4. The van der Waals surface area contributed by atoms with Crippen LogP contribution in [0.2, 0.25) is 0 Å². The Morgan fingerprint density at radius 2 is 1.78 bits per heavy atom. The van der Waals surface area contributed by atoms with Crippen LogP contribution in [-0.4, -0.2) is 31.0 Å². The van der Waals surface area contributed by atoms with Crippen LogP contribution in [0.5, 0.6) is 11.5 Å². The minimum atomic E-state index is 0.109. The van der Waals surface area contributed by atoms with E-state index in [4.69, 9.17) is 9.47 Å². The topological polar surface area (TPSA) is 35.5 Å². The Morgan fingerprint density at radius 1 is 1.22 bits per heavy atom. The third kappa shape index (κ3) is 4.26. The lowest BCUT2D eigenvalue weighted by Crippen LogP contribution is -2.06. The normalized spacial score (nSPS) is 12.0. The second-order valence-corrected chi connectivity index (χ2v) is 5.48. The van der Waals surface area contributed by atoms with Gasteiger partial charge in [-0.15, -0.1) is 0 Å². The molecule has 100 valence electrons. The molecule has 1 unspecified atom stereocenters. The third-order valence-corrected chi connectivity index (χ3v) is 4.08. The number of benzene rings is 1. The van der Waals surface area contributed by atoms with Crippen LogP contribution in [0.25, 0.3) is 0 Å². The minimum Gasteiger partial charge on any atom is -0.497 e. The van der Waals surface area contributed by atoms with E-state index in [-0.39, 0.29) is 5.78 Å².